The second-order valence-electron chi connectivity index (χ2n) is 3.14. The normalized spacial score (nSPS) is 15.6. The molecule has 0 fully saturated rings. The van der Waals surface area contributed by atoms with Crippen LogP contribution in [0.4, 0.5) is 0 Å². The lowest BCUT2D eigenvalue weighted by molar-refractivity contribution is 0.341. The number of hydrogen-bond donors (Lipinski definition) is 0. The quantitative estimate of drug-likeness (QED) is 0.712. The number of ether oxygens (including phenoxy) is 1. The first-order chi connectivity index (χ1) is 6.95. The van der Waals surface area contributed by atoms with Crippen molar-refractivity contribution in [2.45, 2.75) is 6.42 Å². The molecule has 72 valence electrons. The number of rotatable bonds is 3. The van der Waals surface area contributed by atoms with Gasteiger partial charge in [-0.1, -0.05) is 42.5 Å². The molecule has 1 aromatic carbocycles. The molecule has 0 saturated carbocycles. The molecule has 0 saturated heterocycles. The number of aliphatic imine (C=N–C) groups is 1. The molecular formula is C12H13NO. The highest BCUT2D eigenvalue weighted by molar-refractivity contribution is 5.79. The Morgan fingerprint density at radius 3 is 2.86 bits per heavy atom. The van der Waals surface area contributed by atoms with E-state index >= 15 is 0 Å². The molecule has 0 unspecified atom stereocenters. The number of nitrogens with zero attached hydrogens (tertiary/aromatic N) is 1. The summed E-state index contributed by atoms with van der Waals surface area (Å²) in [5.74, 6) is 0.859. The van der Waals surface area contributed by atoms with E-state index in [-0.39, 0.29) is 0 Å². The summed E-state index contributed by atoms with van der Waals surface area (Å²) in [6.07, 6.45) is 4.97. The Morgan fingerprint density at radius 1 is 1.29 bits per heavy atom. The fourth-order valence-corrected chi connectivity index (χ4v) is 1.36. The van der Waals surface area contributed by atoms with Crippen molar-refractivity contribution in [1.82, 2.24) is 0 Å². The van der Waals surface area contributed by atoms with Crippen LogP contribution in [-0.4, -0.2) is 19.0 Å². The molecule has 1 aliphatic heterocycles. The van der Waals surface area contributed by atoms with E-state index < -0.39 is 0 Å². The minimum atomic E-state index is 0.745. The Kier molecular flexibility index (Phi) is 2.96. The molecule has 0 amide bonds. The monoisotopic (exact) mass is 187 g/mol. The average molecular weight is 187 g/mol. The third-order valence-corrected chi connectivity index (χ3v) is 2.05. The molecule has 2 heteroatoms. The van der Waals surface area contributed by atoms with Crippen molar-refractivity contribution in [2.24, 2.45) is 4.99 Å². The summed E-state index contributed by atoms with van der Waals surface area (Å²) in [5, 5.41) is 0. The van der Waals surface area contributed by atoms with Crippen LogP contribution >= 0.6 is 0 Å². The van der Waals surface area contributed by atoms with Crippen LogP contribution in [0.5, 0.6) is 0 Å². The van der Waals surface area contributed by atoms with E-state index in [2.05, 4.69) is 29.3 Å². The van der Waals surface area contributed by atoms with Gasteiger partial charge in [0.05, 0.1) is 6.54 Å². The van der Waals surface area contributed by atoms with Crippen LogP contribution < -0.4 is 0 Å². The predicted octanol–water partition coefficient (Wildman–Crippen LogP) is 2.52. The fourth-order valence-electron chi connectivity index (χ4n) is 1.36. The highest BCUT2D eigenvalue weighted by Crippen LogP contribution is 2.04. The lowest BCUT2D eigenvalue weighted by Crippen LogP contribution is -1.95. The number of hydrogen-bond acceptors (Lipinski definition) is 2. The fraction of sp³-hybridized carbons (Fsp3) is 0.250. The molecule has 2 rings (SSSR count). The van der Waals surface area contributed by atoms with E-state index in [9.17, 15) is 0 Å². The van der Waals surface area contributed by atoms with Gasteiger partial charge >= 0.3 is 0 Å². The molecule has 0 atom stereocenters. The Hall–Kier alpha value is -1.57. The summed E-state index contributed by atoms with van der Waals surface area (Å²) in [4.78, 5) is 4.21. The third kappa shape index (κ3) is 2.46. The zero-order valence-corrected chi connectivity index (χ0v) is 8.02. The Labute approximate surface area is 83.9 Å². The number of benzene rings is 1. The van der Waals surface area contributed by atoms with Crippen molar-refractivity contribution in [3.8, 4) is 0 Å². The molecule has 0 spiro atoms. The van der Waals surface area contributed by atoms with Crippen LogP contribution in [0.25, 0.3) is 6.08 Å². The van der Waals surface area contributed by atoms with Crippen molar-refractivity contribution in [3.63, 3.8) is 0 Å². The minimum absolute atomic E-state index is 0.745. The lowest BCUT2D eigenvalue weighted by atomic mass is 10.2. The smallest absolute Gasteiger partial charge is 0.187 e. The molecule has 0 radical (unpaired) electrons. The van der Waals surface area contributed by atoms with E-state index in [1.165, 1.54) is 5.56 Å². The topological polar surface area (TPSA) is 21.6 Å². The van der Waals surface area contributed by atoms with Crippen LogP contribution in [0.3, 0.4) is 0 Å². The molecule has 1 aromatic rings. The van der Waals surface area contributed by atoms with Gasteiger partial charge in [-0.3, -0.25) is 4.99 Å². The SMILES string of the molecule is C(=Cc1ccccc1)CC1=NCCO1. The maximum atomic E-state index is 5.29. The van der Waals surface area contributed by atoms with Gasteiger partial charge in [-0.2, -0.15) is 0 Å². The maximum Gasteiger partial charge on any atom is 0.187 e. The highest BCUT2D eigenvalue weighted by atomic mass is 16.5. The van der Waals surface area contributed by atoms with Crippen LogP contribution in [-0.2, 0) is 4.74 Å². The van der Waals surface area contributed by atoms with Crippen LogP contribution in [0.2, 0.25) is 0 Å². The van der Waals surface area contributed by atoms with E-state index in [0.717, 1.165) is 25.5 Å². The molecule has 0 N–H and O–H groups in total. The van der Waals surface area contributed by atoms with Gasteiger partial charge in [0.1, 0.15) is 6.61 Å². The maximum absolute atomic E-state index is 5.29. The zero-order valence-electron chi connectivity index (χ0n) is 8.02. The first-order valence-corrected chi connectivity index (χ1v) is 4.83. The second-order valence-corrected chi connectivity index (χ2v) is 3.14. The van der Waals surface area contributed by atoms with Gasteiger partial charge < -0.3 is 4.74 Å². The van der Waals surface area contributed by atoms with E-state index in [0.29, 0.717) is 0 Å². The van der Waals surface area contributed by atoms with Gasteiger partial charge in [0.25, 0.3) is 0 Å². The standard InChI is InChI=1S/C12H13NO/c1-2-5-11(6-3-1)7-4-8-12-13-9-10-14-12/h1-7H,8-10H2. The molecule has 14 heavy (non-hydrogen) atoms. The van der Waals surface area contributed by atoms with E-state index in [4.69, 9.17) is 4.74 Å². The van der Waals surface area contributed by atoms with Crippen LogP contribution in [0, 0.1) is 0 Å². The summed E-state index contributed by atoms with van der Waals surface area (Å²) in [6.45, 7) is 1.56. The summed E-state index contributed by atoms with van der Waals surface area (Å²) < 4.78 is 5.29. The largest absolute Gasteiger partial charge is 0.479 e. The van der Waals surface area contributed by atoms with Gasteiger partial charge in [0, 0.05) is 6.42 Å². The van der Waals surface area contributed by atoms with Crippen molar-refractivity contribution < 1.29 is 4.74 Å². The van der Waals surface area contributed by atoms with Crippen LogP contribution in [0.15, 0.2) is 41.4 Å². The van der Waals surface area contributed by atoms with Gasteiger partial charge in [0.15, 0.2) is 5.90 Å². The van der Waals surface area contributed by atoms with Crippen molar-refractivity contribution in [2.75, 3.05) is 13.2 Å². The minimum Gasteiger partial charge on any atom is -0.479 e. The molecule has 0 aliphatic carbocycles. The molecule has 0 bridgehead atoms. The Balaban J connectivity index is 1.88. The Morgan fingerprint density at radius 2 is 2.14 bits per heavy atom. The first kappa shape index (κ1) is 9.00. The predicted molar refractivity (Wildman–Crippen MR) is 58.3 cm³/mol. The second kappa shape index (κ2) is 4.61. The summed E-state index contributed by atoms with van der Waals surface area (Å²) >= 11 is 0. The lowest BCUT2D eigenvalue weighted by Gasteiger charge is -1.95. The van der Waals surface area contributed by atoms with Crippen LogP contribution in [0.1, 0.15) is 12.0 Å². The third-order valence-electron chi connectivity index (χ3n) is 2.05. The van der Waals surface area contributed by atoms with Crippen molar-refractivity contribution >= 4 is 12.0 Å². The van der Waals surface area contributed by atoms with Gasteiger partial charge in [-0.25, -0.2) is 0 Å². The van der Waals surface area contributed by atoms with E-state index in [1.807, 2.05) is 18.2 Å². The molecule has 1 heterocycles. The summed E-state index contributed by atoms with van der Waals surface area (Å²) in [7, 11) is 0. The van der Waals surface area contributed by atoms with Crippen molar-refractivity contribution in [1.29, 1.82) is 0 Å². The van der Waals surface area contributed by atoms with Gasteiger partial charge in [-0.15, -0.1) is 0 Å². The van der Waals surface area contributed by atoms with E-state index in [1.54, 1.807) is 0 Å². The van der Waals surface area contributed by atoms with Gasteiger partial charge in [-0.05, 0) is 5.56 Å². The summed E-state index contributed by atoms with van der Waals surface area (Å²) in [6, 6.07) is 10.2. The molecule has 0 aromatic heterocycles. The summed E-state index contributed by atoms with van der Waals surface area (Å²) in [5.41, 5.74) is 1.21. The first-order valence-electron chi connectivity index (χ1n) is 4.83. The molecule has 2 nitrogen and oxygen atoms in total. The average Bonchev–Trinajstić information content (AvgIpc) is 2.72. The Bertz CT molecular complexity index is 341. The van der Waals surface area contributed by atoms with Crippen molar-refractivity contribution in [3.05, 3.63) is 42.0 Å². The molecular weight excluding hydrogens is 174 g/mol. The molecule has 1 aliphatic rings. The van der Waals surface area contributed by atoms with Gasteiger partial charge in [0.2, 0.25) is 0 Å². The highest BCUT2D eigenvalue weighted by Gasteiger charge is 2.03. The zero-order chi connectivity index (χ0) is 9.64.